The van der Waals surface area contributed by atoms with Crippen molar-refractivity contribution in [1.29, 1.82) is 0 Å². The van der Waals surface area contributed by atoms with Gasteiger partial charge < -0.3 is 15.0 Å². The molecule has 0 bridgehead atoms. The molecule has 1 aromatic heterocycles. The van der Waals surface area contributed by atoms with Gasteiger partial charge in [-0.05, 0) is 54.3 Å². The highest BCUT2D eigenvalue weighted by atomic mass is 16.5. The summed E-state index contributed by atoms with van der Waals surface area (Å²) in [6, 6.07) is 21.0. The van der Waals surface area contributed by atoms with Gasteiger partial charge in [-0.25, -0.2) is 9.69 Å². The zero-order valence-electron chi connectivity index (χ0n) is 22.2. The second kappa shape index (κ2) is 9.55. The molecule has 1 saturated carbocycles. The number of methoxy groups -OCH3 is 1. The van der Waals surface area contributed by atoms with Gasteiger partial charge in [-0.1, -0.05) is 55.3 Å². The molecule has 3 heterocycles. The van der Waals surface area contributed by atoms with Crippen molar-refractivity contribution >= 4 is 34.4 Å². The fraction of sp³-hybridized carbons (Fsp3) is 0.281. The SMILES string of the molecule is COc1cccc(C2c3[nH]c4ccccc4c3C[C@H]3C(=O)N(c4ccccc4C(=O)NC4CCCC4)C(=O)N23)c1. The number of carbonyl (C=O) groups excluding carboxylic acids is 3. The minimum absolute atomic E-state index is 0.118. The molecule has 0 spiro atoms. The average molecular weight is 535 g/mol. The molecule has 4 amide bonds. The highest BCUT2D eigenvalue weighted by Crippen LogP contribution is 2.45. The predicted octanol–water partition coefficient (Wildman–Crippen LogP) is 5.33. The number of H-pyrrole nitrogens is 1. The maximum atomic E-state index is 14.3. The van der Waals surface area contributed by atoms with E-state index in [1.54, 1.807) is 36.3 Å². The van der Waals surface area contributed by atoms with E-state index in [0.29, 0.717) is 23.4 Å². The second-order valence-corrected chi connectivity index (χ2v) is 10.8. The highest BCUT2D eigenvalue weighted by molar-refractivity contribution is 6.24. The molecule has 8 heteroatoms. The van der Waals surface area contributed by atoms with E-state index >= 15 is 0 Å². The van der Waals surface area contributed by atoms with E-state index in [9.17, 15) is 14.4 Å². The van der Waals surface area contributed by atoms with Gasteiger partial charge in [0.1, 0.15) is 17.8 Å². The lowest BCUT2D eigenvalue weighted by Crippen LogP contribution is -2.44. The molecule has 1 aliphatic carbocycles. The smallest absolute Gasteiger partial charge is 0.332 e. The van der Waals surface area contributed by atoms with Crippen molar-refractivity contribution in [2.45, 2.75) is 50.2 Å². The van der Waals surface area contributed by atoms with Gasteiger partial charge >= 0.3 is 6.03 Å². The standard InChI is InChI=1S/C32H30N4O4/c1-40-21-12-8-9-19(17-21)29-28-24(22-13-4-6-15-25(22)34-28)18-27-31(38)36(32(39)35(27)29)26-16-7-5-14-23(26)30(37)33-20-10-2-3-11-20/h4-9,12-17,20,27,29,34H,2-3,10-11,18H2,1H3,(H,33,37)/t27-,29?/m0/s1. The molecule has 3 aromatic carbocycles. The first kappa shape index (κ1) is 24.5. The van der Waals surface area contributed by atoms with Gasteiger partial charge in [-0.2, -0.15) is 0 Å². The van der Waals surface area contributed by atoms with E-state index in [4.69, 9.17) is 4.74 Å². The van der Waals surface area contributed by atoms with Crippen LogP contribution >= 0.6 is 0 Å². The molecule has 2 fully saturated rings. The van der Waals surface area contributed by atoms with Gasteiger partial charge in [0.25, 0.3) is 11.8 Å². The normalized spacial score (nSPS) is 20.6. The number of amides is 4. The molecule has 4 aromatic rings. The van der Waals surface area contributed by atoms with Crippen LogP contribution in [0.25, 0.3) is 10.9 Å². The lowest BCUT2D eigenvalue weighted by molar-refractivity contribution is -0.120. The zero-order chi connectivity index (χ0) is 27.4. The molecule has 3 aliphatic rings. The first-order valence-corrected chi connectivity index (χ1v) is 13.8. The average Bonchev–Trinajstić information content (AvgIpc) is 3.69. The van der Waals surface area contributed by atoms with Crippen LogP contribution < -0.4 is 15.0 Å². The minimum atomic E-state index is -0.707. The number of nitrogens with zero attached hydrogens (tertiary/aromatic N) is 2. The number of hydrogen-bond acceptors (Lipinski definition) is 4. The van der Waals surface area contributed by atoms with Crippen LogP contribution in [0, 0.1) is 0 Å². The van der Waals surface area contributed by atoms with E-state index in [1.165, 1.54) is 4.90 Å². The number of benzene rings is 3. The second-order valence-electron chi connectivity index (χ2n) is 10.8. The minimum Gasteiger partial charge on any atom is -0.497 e. The van der Waals surface area contributed by atoms with Crippen molar-refractivity contribution in [3.8, 4) is 5.75 Å². The lowest BCUT2D eigenvalue weighted by Gasteiger charge is -2.36. The molecule has 7 rings (SSSR count). The summed E-state index contributed by atoms with van der Waals surface area (Å²) in [5.41, 5.74) is 4.37. The summed E-state index contributed by atoms with van der Waals surface area (Å²) < 4.78 is 5.50. The number of para-hydroxylation sites is 2. The number of rotatable bonds is 5. The number of imide groups is 1. The fourth-order valence-electron chi connectivity index (χ4n) is 6.65. The van der Waals surface area contributed by atoms with Crippen LogP contribution in [-0.4, -0.2) is 46.9 Å². The summed E-state index contributed by atoms with van der Waals surface area (Å²) >= 11 is 0. The fourth-order valence-corrected chi connectivity index (χ4v) is 6.65. The topological polar surface area (TPSA) is 94.7 Å². The molecule has 8 nitrogen and oxygen atoms in total. The van der Waals surface area contributed by atoms with Crippen LogP contribution in [0.3, 0.4) is 0 Å². The Bertz CT molecular complexity index is 1650. The molecular weight excluding hydrogens is 504 g/mol. The summed E-state index contributed by atoms with van der Waals surface area (Å²) in [7, 11) is 1.61. The number of aromatic nitrogens is 1. The molecule has 2 atom stereocenters. The number of ether oxygens (including phenoxy) is 1. The highest BCUT2D eigenvalue weighted by Gasteiger charge is 2.53. The van der Waals surface area contributed by atoms with Crippen molar-refractivity contribution < 1.29 is 19.1 Å². The molecule has 202 valence electrons. The first-order valence-electron chi connectivity index (χ1n) is 13.8. The number of hydrogen-bond donors (Lipinski definition) is 2. The van der Waals surface area contributed by atoms with Crippen LogP contribution in [0.5, 0.6) is 5.75 Å². The predicted molar refractivity (Wildman–Crippen MR) is 152 cm³/mol. The Labute approximate surface area is 231 Å². The Morgan fingerprint density at radius 3 is 2.58 bits per heavy atom. The number of carbonyl (C=O) groups is 3. The number of fused-ring (bicyclic) bond motifs is 4. The Hall–Kier alpha value is -4.59. The van der Waals surface area contributed by atoms with Gasteiger partial charge in [0, 0.05) is 29.1 Å². The van der Waals surface area contributed by atoms with Gasteiger partial charge in [0.05, 0.1) is 18.4 Å². The van der Waals surface area contributed by atoms with Crippen LogP contribution in [0.1, 0.15) is 58.9 Å². The van der Waals surface area contributed by atoms with Crippen molar-refractivity contribution in [1.82, 2.24) is 15.2 Å². The first-order chi connectivity index (χ1) is 19.5. The van der Waals surface area contributed by atoms with Crippen LogP contribution in [0.15, 0.2) is 72.8 Å². The third kappa shape index (κ3) is 3.78. The van der Waals surface area contributed by atoms with Crippen molar-refractivity contribution in [2.75, 3.05) is 12.0 Å². The van der Waals surface area contributed by atoms with E-state index in [0.717, 1.165) is 53.4 Å². The lowest BCUT2D eigenvalue weighted by atomic mass is 9.89. The molecular formula is C32H30N4O4. The van der Waals surface area contributed by atoms with E-state index in [2.05, 4.69) is 10.3 Å². The molecule has 40 heavy (non-hydrogen) atoms. The van der Waals surface area contributed by atoms with Gasteiger partial charge in [-0.15, -0.1) is 0 Å². The number of aromatic amines is 1. The van der Waals surface area contributed by atoms with Crippen molar-refractivity contribution in [2.24, 2.45) is 0 Å². The number of urea groups is 1. The summed E-state index contributed by atoms with van der Waals surface area (Å²) in [5, 5.41) is 4.15. The summed E-state index contributed by atoms with van der Waals surface area (Å²) in [4.78, 5) is 48.2. The summed E-state index contributed by atoms with van der Waals surface area (Å²) in [6.07, 6.45) is 4.45. The van der Waals surface area contributed by atoms with Crippen molar-refractivity contribution in [3.63, 3.8) is 0 Å². The Morgan fingerprint density at radius 2 is 1.75 bits per heavy atom. The van der Waals surface area contributed by atoms with Crippen LogP contribution in [-0.2, 0) is 11.2 Å². The Kier molecular flexibility index (Phi) is 5.84. The van der Waals surface area contributed by atoms with Gasteiger partial charge in [0.15, 0.2) is 0 Å². The molecule has 1 unspecified atom stereocenters. The Morgan fingerprint density at radius 1 is 0.975 bits per heavy atom. The third-order valence-corrected chi connectivity index (χ3v) is 8.54. The maximum absolute atomic E-state index is 14.3. The van der Waals surface area contributed by atoms with Crippen LogP contribution in [0.2, 0.25) is 0 Å². The third-order valence-electron chi connectivity index (χ3n) is 8.54. The zero-order valence-corrected chi connectivity index (χ0v) is 22.2. The quantitative estimate of drug-likeness (QED) is 0.338. The van der Waals surface area contributed by atoms with Crippen LogP contribution in [0.4, 0.5) is 10.5 Å². The van der Waals surface area contributed by atoms with E-state index in [1.807, 2.05) is 48.5 Å². The Balaban J connectivity index is 1.33. The van der Waals surface area contributed by atoms with Crippen molar-refractivity contribution in [3.05, 3.63) is 95.2 Å². The molecule has 1 saturated heterocycles. The summed E-state index contributed by atoms with van der Waals surface area (Å²) in [6.45, 7) is 0. The molecule has 2 N–H and O–H groups in total. The monoisotopic (exact) mass is 534 g/mol. The largest absolute Gasteiger partial charge is 0.497 e. The van der Waals surface area contributed by atoms with E-state index in [-0.39, 0.29) is 17.9 Å². The van der Waals surface area contributed by atoms with Gasteiger partial charge in [0.2, 0.25) is 0 Å². The number of nitrogens with one attached hydrogen (secondary N) is 2. The molecule has 0 radical (unpaired) electrons. The van der Waals surface area contributed by atoms with Gasteiger partial charge in [-0.3, -0.25) is 14.5 Å². The maximum Gasteiger partial charge on any atom is 0.332 e. The molecule has 2 aliphatic heterocycles. The summed E-state index contributed by atoms with van der Waals surface area (Å²) in [5.74, 6) is 0.0875. The number of anilines is 1. The van der Waals surface area contributed by atoms with E-state index < -0.39 is 18.1 Å².